The molecule has 1 N–H and O–H groups in total. The van der Waals surface area contributed by atoms with E-state index in [1.54, 1.807) is 20.2 Å². The molecule has 3 aromatic rings. The van der Waals surface area contributed by atoms with Crippen molar-refractivity contribution < 1.29 is 18.7 Å². The molecular formula is C19H20N2O4S. The van der Waals surface area contributed by atoms with Gasteiger partial charge in [-0.2, -0.15) is 0 Å². The van der Waals surface area contributed by atoms with Gasteiger partial charge in [0.15, 0.2) is 11.3 Å². The van der Waals surface area contributed by atoms with E-state index in [1.807, 2.05) is 42.6 Å². The molecule has 0 aliphatic carbocycles. The van der Waals surface area contributed by atoms with E-state index in [2.05, 4.69) is 5.32 Å². The maximum atomic E-state index is 12.3. The molecule has 6 nitrogen and oxygen atoms in total. The Kier molecular flexibility index (Phi) is 5.27. The lowest BCUT2D eigenvalue weighted by Crippen LogP contribution is -2.39. The summed E-state index contributed by atoms with van der Waals surface area (Å²) in [6.45, 7) is 1.81. The standard InChI is InChI=1S/C19H20N2O4S/c1-12(15-10-13-6-4-7-14(24-3)18(13)25-15)20-17(22)11-21(2)19(23)16-8-5-9-26-16/h4-10,12H,11H2,1-3H3,(H,20,22). The highest BCUT2D eigenvalue weighted by Crippen LogP contribution is 2.30. The highest BCUT2D eigenvalue weighted by molar-refractivity contribution is 7.12. The van der Waals surface area contributed by atoms with Crippen LogP contribution >= 0.6 is 11.3 Å². The van der Waals surface area contributed by atoms with Crippen molar-refractivity contribution in [3.63, 3.8) is 0 Å². The van der Waals surface area contributed by atoms with E-state index in [1.165, 1.54) is 16.2 Å². The Morgan fingerprint density at radius 1 is 1.31 bits per heavy atom. The lowest BCUT2D eigenvalue weighted by molar-refractivity contribution is -0.122. The molecule has 2 aromatic heterocycles. The number of nitrogens with zero attached hydrogens (tertiary/aromatic N) is 1. The van der Waals surface area contributed by atoms with Crippen LogP contribution < -0.4 is 10.1 Å². The zero-order chi connectivity index (χ0) is 18.7. The lowest BCUT2D eigenvalue weighted by atomic mass is 10.2. The number of likely N-dealkylation sites (N-methyl/N-ethyl adjacent to an activating group) is 1. The smallest absolute Gasteiger partial charge is 0.264 e. The fraction of sp³-hybridized carbons (Fsp3) is 0.263. The molecule has 1 atom stereocenters. The van der Waals surface area contributed by atoms with E-state index in [4.69, 9.17) is 9.15 Å². The molecular weight excluding hydrogens is 352 g/mol. The Balaban J connectivity index is 1.65. The summed E-state index contributed by atoms with van der Waals surface area (Å²) in [5.41, 5.74) is 0.649. The van der Waals surface area contributed by atoms with Crippen molar-refractivity contribution in [1.82, 2.24) is 10.2 Å². The molecule has 1 aromatic carbocycles. The zero-order valence-corrected chi connectivity index (χ0v) is 15.6. The van der Waals surface area contributed by atoms with Crippen molar-refractivity contribution >= 4 is 34.1 Å². The number of para-hydroxylation sites is 1. The summed E-state index contributed by atoms with van der Waals surface area (Å²) in [5, 5.41) is 5.60. The van der Waals surface area contributed by atoms with E-state index >= 15 is 0 Å². The molecule has 7 heteroatoms. The van der Waals surface area contributed by atoms with Gasteiger partial charge in [-0.25, -0.2) is 0 Å². The minimum Gasteiger partial charge on any atom is -0.493 e. The number of ether oxygens (including phenoxy) is 1. The summed E-state index contributed by atoms with van der Waals surface area (Å²) in [6, 6.07) is 10.7. The predicted octanol–water partition coefficient (Wildman–Crippen LogP) is 3.45. The van der Waals surface area contributed by atoms with E-state index in [0.717, 1.165) is 5.39 Å². The van der Waals surface area contributed by atoms with Gasteiger partial charge in [0.2, 0.25) is 5.91 Å². The zero-order valence-electron chi connectivity index (χ0n) is 14.8. The molecule has 0 fully saturated rings. The van der Waals surface area contributed by atoms with Gasteiger partial charge >= 0.3 is 0 Å². The van der Waals surface area contributed by atoms with Gasteiger partial charge < -0.3 is 19.4 Å². The van der Waals surface area contributed by atoms with Crippen LogP contribution in [-0.4, -0.2) is 37.4 Å². The molecule has 0 aliphatic rings. The van der Waals surface area contributed by atoms with Crippen molar-refractivity contribution in [2.24, 2.45) is 0 Å². The largest absolute Gasteiger partial charge is 0.493 e. The number of carbonyl (C=O) groups excluding carboxylic acids is 2. The van der Waals surface area contributed by atoms with Crippen molar-refractivity contribution in [2.45, 2.75) is 13.0 Å². The number of fused-ring (bicyclic) bond motifs is 1. The lowest BCUT2D eigenvalue weighted by Gasteiger charge is -2.18. The quantitative estimate of drug-likeness (QED) is 0.719. The van der Waals surface area contributed by atoms with E-state index in [0.29, 0.717) is 22.0 Å². The second kappa shape index (κ2) is 7.61. The first-order valence-electron chi connectivity index (χ1n) is 8.14. The Labute approximate surface area is 155 Å². The van der Waals surface area contributed by atoms with Crippen LogP contribution in [0.4, 0.5) is 0 Å². The molecule has 0 radical (unpaired) electrons. The van der Waals surface area contributed by atoms with E-state index in [9.17, 15) is 9.59 Å². The number of hydrogen-bond donors (Lipinski definition) is 1. The van der Waals surface area contributed by atoms with Gasteiger partial charge in [-0.1, -0.05) is 18.2 Å². The van der Waals surface area contributed by atoms with Gasteiger partial charge in [-0.05, 0) is 30.5 Å². The highest BCUT2D eigenvalue weighted by Gasteiger charge is 2.19. The monoisotopic (exact) mass is 372 g/mol. The van der Waals surface area contributed by atoms with Crippen LogP contribution in [0.3, 0.4) is 0 Å². The van der Waals surface area contributed by atoms with Gasteiger partial charge in [-0.15, -0.1) is 11.3 Å². The molecule has 136 valence electrons. The van der Waals surface area contributed by atoms with Crippen LogP contribution in [-0.2, 0) is 4.79 Å². The number of furan rings is 1. The van der Waals surface area contributed by atoms with Gasteiger partial charge in [0.25, 0.3) is 5.91 Å². The predicted molar refractivity (Wildman–Crippen MR) is 101 cm³/mol. The van der Waals surface area contributed by atoms with Crippen LogP contribution in [0, 0.1) is 0 Å². The summed E-state index contributed by atoms with van der Waals surface area (Å²) in [5.74, 6) is 0.854. The Morgan fingerprint density at radius 3 is 2.81 bits per heavy atom. The number of methoxy groups -OCH3 is 1. The highest BCUT2D eigenvalue weighted by atomic mass is 32.1. The second-order valence-electron chi connectivity index (χ2n) is 5.96. The van der Waals surface area contributed by atoms with Gasteiger partial charge in [0, 0.05) is 12.4 Å². The van der Waals surface area contributed by atoms with Crippen LogP contribution in [0.1, 0.15) is 28.4 Å². The summed E-state index contributed by atoms with van der Waals surface area (Å²) in [7, 11) is 3.20. The molecule has 1 unspecified atom stereocenters. The maximum absolute atomic E-state index is 12.3. The molecule has 26 heavy (non-hydrogen) atoms. The number of thiophene rings is 1. The third-order valence-corrected chi connectivity index (χ3v) is 4.87. The molecule has 0 spiro atoms. The summed E-state index contributed by atoms with van der Waals surface area (Å²) in [4.78, 5) is 26.5. The van der Waals surface area contributed by atoms with E-state index < -0.39 is 0 Å². The van der Waals surface area contributed by atoms with Crippen LogP contribution in [0.15, 0.2) is 46.2 Å². The number of benzene rings is 1. The summed E-state index contributed by atoms with van der Waals surface area (Å²) < 4.78 is 11.1. The Hall–Kier alpha value is -2.80. The fourth-order valence-electron chi connectivity index (χ4n) is 2.66. The van der Waals surface area contributed by atoms with Crippen LogP contribution in [0.25, 0.3) is 11.0 Å². The topological polar surface area (TPSA) is 71.8 Å². The molecule has 0 saturated heterocycles. The average molecular weight is 372 g/mol. The van der Waals surface area contributed by atoms with Gasteiger partial charge in [0.1, 0.15) is 5.76 Å². The van der Waals surface area contributed by atoms with Crippen molar-refractivity contribution in [2.75, 3.05) is 20.7 Å². The summed E-state index contributed by atoms with van der Waals surface area (Å²) in [6.07, 6.45) is 0. The van der Waals surface area contributed by atoms with Crippen LogP contribution in [0.2, 0.25) is 0 Å². The SMILES string of the molecule is COc1cccc2cc(C(C)NC(=O)CN(C)C(=O)c3cccs3)oc12. The van der Waals surface area contributed by atoms with Crippen LogP contribution in [0.5, 0.6) is 5.75 Å². The minimum absolute atomic E-state index is 0.0232. The average Bonchev–Trinajstić information content (AvgIpc) is 3.29. The normalized spacial score (nSPS) is 12.0. The molecule has 0 saturated carbocycles. The number of carbonyl (C=O) groups is 2. The summed E-state index contributed by atoms with van der Waals surface area (Å²) >= 11 is 1.35. The number of nitrogens with one attached hydrogen (secondary N) is 1. The molecule has 0 bridgehead atoms. The molecule has 2 heterocycles. The fourth-order valence-corrected chi connectivity index (χ4v) is 3.38. The van der Waals surface area contributed by atoms with Crippen molar-refractivity contribution in [3.8, 4) is 5.75 Å². The molecule has 3 rings (SSSR count). The minimum atomic E-state index is -0.329. The Bertz CT molecular complexity index is 917. The van der Waals surface area contributed by atoms with Crippen molar-refractivity contribution in [1.29, 1.82) is 0 Å². The number of rotatable bonds is 6. The van der Waals surface area contributed by atoms with Gasteiger partial charge in [-0.3, -0.25) is 9.59 Å². The van der Waals surface area contributed by atoms with Crippen molar-refractivity contribution in [3.05, 3.63) is 52.4 Å². The number of hydrogen-bond acceptors (Lipinski definition) is 5. The number of amides is 2. The van der Waals surface area contributed by atoms with E-state index in [-0.39, 0.29) is 24.4 Å². The maximum Gasteiger partial charge on any atom is 0.264 e. The molecule has 2 amide bonds. The molecule has 0 aliphatic heterocycles. The third-order valence-electron chi connectivity index (χ3n) is 4.01. The second-order valence-corrected chi connectivity index (χ2v) is 6.90. The Morgan fingerprint density at radius 2 is 2.12 bits per heavy atom. The first-order valence-corrected chi connectivity index (χ1v) is 9.02. The third kappa shape index (κ3) is 3.72. The van der Waals surface area contributed by atoms with Gasteiger partial charge in [0.05, 0.1) is 24.6 Å². The first-order chi connectivity index (χ1) is 12.5. The first kappa shape index (κ1) is 18.0.